The third-order valence-corrected chi connectivity index (χ3v) is 5.68. The minimum Gasteiger partial charge on any atom is -0.467 e. The van der Waals surface area contributed by atoms with Crippen molar-refractivity contribution >= 4 is 39.8 Å². The van der Waals surface area contributed by atoms with E-state index in [9.17, 15) is 4.79 Å². The summed E-state index contributed by atoms with van der Waals surface area (Å²) in [6.45, 7) is 6.61. The molecule has 0 atom stereocenters. The van der Waals surface area contributed by atoms with Crippen LogP contribution in [0.1, 0.15) is 22.5 Å². The molecule has 8 heteroatoms. The lowest BCUT2D eigenvalue weighted by molar-refractivity contribution is -0.113. The predicted molar refractivity (Wildman–Crippen MR) is 106 cm³/mol. The first kappa shape index (κ1) is 18.5. The van der Waals surface area contributed by atoms with E-state index in [-0.39, 0.29) is 5.91 Å². The fourth-order valence-electron chi connectivity index (χ4n) is 2.60. The Labute approximate surface area is 160 Å². The molecule has 0 aliphatic carbocycles. The van der Waals surface area contributed by atoms with Gasteiger partial charge in [-0.1, -0.05) is 40.8 Å². The molecule has 1 amide bonds. The van der Waals surface area contributed by atoms with Gasteiger partial charge in [0, 0.05) is 5.69 Å². The standard InChI is InChI=1S/C18H20N4O2S2/c1-11-7-12(2)16(13(3)8-11)20-15(23)10-25-18-22-21-17(26-18)19-9-14-5-4-6-24-14/h4-8H,9-10H2,1-3H3,(H,19,21)(H,20,23). The Hall–Kier alpha value is -2.32. The summed E-state index contributed by atoms with van der Waals surface area (Å²) in [5.74, 6) is 1.07. The number of carbonyl (C=O) groups is 1. The van der Waals surface area contributed by atoms with E-state index in [0.29, 0.717) is 17.4 Å². The van der Waals surface area contributed by atoms with Crippen LogP contribution in [-0.2, 0) is 11.3 Å². The molecule has 0 aliphatic heterocycles. The van der Waals surface area contributed by atoms with E-state index in [4.69, 9.17) is 4.42 Å². The van der Waals surface area contributed by atoms with Crippen LogP contribution in [-0.4, -0.2) is 21.9 Å². The van der Waals surface area contributed by atoms with Crippen molar-refractivity contribution in [3.8, 4) is 0 Å². The number of anilines is 2. The second kappa shape index (κ2) is 8.37. The quantitative estimate of drug-likeness (QED) is 0.584. The van der Waals surface area contributed by atoms with E-state index in [1.165, 1.54) is 28.7 Å². The highest BCUT2D eigenvalue weighted by atomic mass is 32.2. The monoisotopic (exact) mass is 388 g/mol. The molecule has 1 aromatic carbocycles. The Morgan fingerprint density at radius 2 is 2.00 bits per heavy atom. The predicted octanol–water partition coefficient (Wildman–Crippen LogP) is 4.40. The number of nitrogens with zero attached hydrogens (tertiary/aromatic N) is 2. The van der Waals surface area contributed by atoms with Crippen LogP contribution in [0.5, 0.6) is 0 Å². The van der Waals surface area contributed by atoms with Gasteiger partial charge in [0.05, 0.1) is 18.6 Å². The Morgan fingerprint density at radius 3 is 2.69 bits per heavy atom. The normalized spacial score (nSPS) is 10.7. The summed E-state index contributed by atoms with van der Waals surface area (Å²) in [5.41, 5.74) is 4.22. The number of amides is 1. The number of rotatable bonds is 7. The number of aromatic nitrogens is 2. The fourth-order valence-corrected chi connectivity index (χ4v) is 4.14. The molecule has 0 bridgehead atoms. The van der Waals surface area contributed by atoms with Crippen LogP contribution in [0.2, 0.25) is 0 Å². The SMILES string of the molecule is Cc1cc(C)c(NC(=O)CSc2nnc(NCc3ccco3)s2)c(C)c1. The van der Waals surface area contributed by atoms with Gasteiger partial charge < -0.3 is 15.1 Å². The van der Waals surface area contributed by atoms with Crippen molar-refractivity contribution in [2.24, 2.45) is 0 Å². The molecule has 3 aromatic rings. The smallest absolute Gasteiger partial charge is 0.234 e. The van der Waals surface area contributed by atoms with Crippen LogP contribution >= 0.6 is 23.1 Å². The third kappa shape index (κ3) is 4.86. The highest BCUT2D eigenvalue weighted by Crippen LogP contribution is 2.27. The Balaban J connectivity index is 1.50. The molecule has 0 unspecified atom stereocenters. The first-order valence-corrected chi connectivity index (χ1v) is 9.92. The number of thioether (sulfide) groups is 1. The van der Waals surface area contributed by atoms with Gasteiger partial charge in [-0.3, -0.25) is 4.79 Å². The van der Waals surface area contributed by atoms with Crippen molar-refractivity contribution in [2.75, 3.05) is 16.4 Å². The highest BCUT2D eigenvalue weighted by molar-refractivity contribution is 8.01. The Kier molecular flexibility index (Phi) is 5.95. The molecule has 26 heavy (non-hydrogen) atoms. The molecule has 0 saturated carbocycles. The summed E-state index contributed by atoms with van der Waals surface area (Å²) >= 11 is 2.80. The second-order valence-corrected chi connectivity index (χ2v) is 8.12. The van der Waals surface area contributed by atoms with Crippen LogP contribution in [0.15, 0.2) is 39.3 Å². The van der Waals surface area contributed by atoms with Crippen molar-refractivity contribution in [1.82, 2.24) is 10.2 Å². The molecule has 0 saturated heterocycles. The van der Waals surface area contributed by atoms with Crippen molar-refractivity contribution in [3.63, 3.8) is 0 Å². The summed E-state index contributed by atoms with van der Waals surface area (Å²) in [6.07, 6.45) is 1.63. The minimum atomic E-state index is -0.0506. The van der Waals surface area contributed by atoms with Crippen molar-refractivity contribution in [2.45, 2.75) is 31.7 Å². The molecule has 2 N–H and O–H groups in total. The molecular formula is C18H20N4O2S2. The lowest BCUT2D eigenvalue weighted by Gasteiger charge is -2.12. The van der Waals surface area contributed by atoms with Gasteiger partial charge >= 0.3 is 0 Å². The lowest BCUT2D eigenvalue weighted by atomic mass is 10.1. The maximum Gasteiger partial charge on any atom is 0.234 e. The number of furan rings is 1. The number of benzene rings is 1. The first-order valence-electron chi connectivity index (χ1n) is 8.11. The molecule has 0 spiro atoms. The maximum absolute atomic E-state index is 12.3. The zero-order valence-electron chi connectivity index (χ0n) is 14.8. The molecule has 0 aliphatic rings. The molecule has 3 rings (SSSR count). The van der Waals surface area contributed by atoms with Crippen LogP contribution < -0.4 is 10.6 Å². The average Bonchev–Trinajstić information content (AvgIpc) is 3.25. The summed E-state index contributed by atoms with van der Waals surface area (Å²) in [6, 6.07) is 7.87. The molecule has 0 radical (unpaired) electrons. The van der Waals surface area contributed by atoms with Crippen molar-refractivity contribution < 1.29 is 9.21 Å². The van der Waals surface area contributed by atoms with Crippen molar-refractivity contribution in [1.29, 1.82) is 0 Å². The van der Waals surface area contributed by atoms with E-state index in [2.05, 4.69) is 39.9 Å². The van der Waals surface area contributed by atoms with Crippen molar-refractivity contribution in [3.05, 3.63) is 53.0 Å². The first-order chi connectivity index (χ1) is 12.5. The summed E-state index contributed by atoms with van der Waals surface area (Å²) in [5, 5.41) is 15.0. The fraction of sp³-hybridized carbons (Fsp3) is 0.278. The van der Waals surface area contributed by atoms with Gasteiger partial charge in [0.25, 0.3) is 0 Å². The van der Waals surface area contributed by atoms with Gasteiger partial charge in [0.1, 0.15) is 5.76 Å². The maximum atomic E-state index is 12.3. The minimum absolute atomic E-state index is 0.0506. The zero-order valence-corrected chi connectivity index (χ0v) is 16.5. The lowest BCUT2D eigenvalue weighted by Crippen LogP contribution is -2.15. The molecule has 6 nitrogen and oxygen atoms in total. The largest absolute Gasteiger partial charge is 0.467 e. The van der Waals surface area contributed by atoms with E-state index in [0.717, 1.165) is 26.9 Å². The van der Waals surface area contributed by atoms with Gasteiger partial charge in [0.2, 0.25) is 11.0 Å². The average molecular weight is 389 g/mol. The van der Waals surface area contributed by atoms with E-state index in [1.807, 2.05) is 26.0 Å². The zero-order chi connectivity index (χ0) is 18.5. The Bertz CT molecular complexity index is 867. The molecule has 2 heterocycles. The summed E-state index contributed by atoms with van der Waals surface area (Å²) in [4.78, 5) is 12.3. The van der Waals surface area contributed by atoms with Gasteiger partial charge in [0.15, 0.2) is 4.34 Å². The highest BCUT2D eigenvalue weighted by Gasteiger charge is 2.11. The van der Waals surface area contributed by atoms with Gasteiger partial charge in [-0.05, 0) is 44.0 Å². The van der Waals surface area contributed by atoms with Crippen LogP contribution in [0.3, 0.4) is 0 Å². The number of aryl methyl sites for hydroxylation is 3. The number of carbonyl (C=O) groups excluding carboxylic acids is 1. The summed E-state index contributed by atoms with van der Waals surface area (Å²) in [7, 11) is 0. The molecule has 0 fully saturated rings. The third-order valence-electron chi connectivity index (χ3n) is 3.67. The van der Waals surface area contributed by atoms with Gasteiger partial charge in [-0.15, -0.1) is 10.2 Å². The van der Waals surface area contributed by atoms with Crippen LogP contribution in [0, 0.1) is 20.8 Å². The number of nitrogens with one attached hydrogen (secondary N) is 2. The Morgan fingerprint density at radius 1 is 1.23 bits per heavy atom. The molecule has 2 aromatic heterocycles. The van der Waals surface area contributed by atoms with E-state index >= 15 is 0 Å². The van der Waals surface area contributed by atoms with E-state index < -0.39 is 0 Å². The van der Waals surface area contributed by atoms with Crippen LogP contribution in [0.25, 0.3) is 0 Å². The summed E-state index contributed by atoms with van der Waals surface area (Å²) < 4.78 is 6.01. The van der Waals surface area contributed by atoms with Gasteiger partial charge in [-0.2, -0.15) is 0 Å². The topological polar surface area (TPSA) is 80.0 Å². The van der Waals surface area contributed by atoms with Gasteiger partial charge in [-0.25, -0.2) is 0 Å². The number of hydrogen-bond donors (Lipinski definition) is 2. The molecular weight excluding hydrogens is 368 g/mol. The van der Waals surface area contributed by atoms with Crippen LogP contribution in [0.4, 0.5) is 10.8 Å². The second-order valence-electron chi connectivity index (χ2n) is 5.92. The van der Waals surface area contributed by atoms with E-state index in [1.54, 1.807) is 6.26 Å². The number of hydrogen-bond acceptors (Lipinski definition) is 7. The molecule has 136 valence electrons.